The molecule has 1 fully saturated rings. The Bertz CT molecular complexity index is 855. The summed E-state index contributed by atoms with van der Waals surface area (Å²) in [6, 6.07) is 15.2. The van der Waals surface area contributed by atoms with Crippen molar-refractivity contribution in [3.8, 4) is 22.6 Å². The lowest BCUT2D eigenvalue weighted by atomic mass is 10.0. The van der Waals surface area contributed by atoms with E-state index in [9.17, 15) is 10.1 Å². The average molecular weight is 380 g/mol. The highest BCUT2D eigenvalue weighted by Crippen LogP contribution is 2.28. The van der Waals surface area contributed by atoms with E-state index in [0.717, 1.165) is 29.0 Å². The molecule has 0 spiro atoms. The van der Waals surface area contributed by atoms with Gasteiger partial charge in [-0.2, -0.15) is 10.5 Å². The molecule has 0 aliphatic carbocycles. The highest BCUT2D eigenvalue weighted by Gasteiger charge is 2.23. The van der Waals surface area contributed by atoms with Gasteiger partial charge in [-0.15, -0.1) is 11.3 Å². The minimum atomic E-state index is -0.609. The Morgan fingerprint density at radius 2 is 2.11 bits per heavy atom. The van der Waals surface area contributed by atoms with Crippen molar-refractivity contribution in [1.29, 1.82) is 10.5 Å². The first-order valence-electron chi connectivity index (χ1n) is 8.81. The van der Waals surface area contributed by atoms with Gasteiger partial charge in [0.1, 0.15) is 23.1 Å². The summed E-state index contributed by atoms with van der Waals surface area (Å²) in [6.45, 7) is 1.84. The van der Waals surface area contributed by atoms with Gasteiger partial charge >= 0.3 is 0 Å². The first kappa shape index (κ1) is 19.1. The molecular weight excluding hydrogens is 360 g/mol. The second-order valence-corrected chi connectivity index (χ2v) is 7.37. The van der Waals surface area contributed by atoms with Crippen LogP contribution >= 0.6 is 11.3 Å². The van der Waals surface area contributed by atoms with Gasteiger partial charge in [-0.05, 0) is 36.2 Å². The van der Waals surface area contributed by atoms with Gasteiger partial charge < -0.3 is 15.4 Å². The van der Waals surface area contributed by atoms with Gasteiger partial charge in [0.15, 0.2) is 0 Å². The number of hydrogen-bond donors (Lipinski definition) is 2. The Hall–Kier alpha value is -2.71. The van der Waals surface area contributed by atoms with Crippen molar-refractivity contribution in [3.05, 3.63) is 46.8 Å². The van der Waals surface area contributed by atoms with Gasteiger partial charge in [0.25, 0.3) is 5.91 Å². The molecule has 27 heavy (non-hydrogen) atoms. The number of nitrogens with zero attached hydrogens (tertiary/aromatic N) is 2. The van der Waals surface area contributed by atoms with E-state index in [2.05, 4.69) is 22.8 Å². The fraction of sp³-hybridized carbons (Fsp3) is 0.350. The minimum absolute atomic E-state index is 0.254. The Morgan fingerprint density at radius 3 is 2.81 bits per heavy atom. The standard InChI is InChI=1S/C20H20N4O2S/c21-11-16(24-20(25)18-13-23-8-1-9-26-18)10-14-2-4-15(5-3-14)19-7-6-17(12-22)27-19/h2-7,16,18,23H,1,8-10,13H2,(H,24,25)/t16-,18-/m0/s1. The summed E-state index contributed by atoms with van der Waals surface area (Å²) in [5.41, 5.74) is 1.99. The molecule has 2 N–H and O–H groups in total. The van der Waals surface area contributed by atoms with Gasteiger partial charge in [-0.1, -0.05) is 24.3 Å². The quantitative estimate of drug-likeness (QED) is 0.829. The van der Waals surface area contributed by atoms with E-state index in [1.807, 2.05) is 30.3 Å². The number of rotatable bonds is 5. The van der Waals surface area contributed by atoms with Crippen molar-refractivity contribution in [2.24, 2.45) is 0 Å². The molecular formula is C20H20N4O2S. The number of benzene rings is 1. The molecule has 0 radical (unpaired) electrons. The zero-order valence-corrected chi connectivity index (χ0v) is 15.6. The van der Waals surface area contributed by atoms with Crippen LogP contribution in [0.25, 0.3) is 10.4 Å². The molecule has 0 bridgehead atoms. The summed E-state index contributed by atoms with van der Waals surface area (Å²) >= 11 is 1.45. The zero-order valence-electron chi connectivity index (χ0n) is 14.8. The number of thiophene rings is 1. The topological polar surface area (TPSA) is 97.9 Å². The maximum atomic E-state index is 12.3. The molecule has 2 aromatic rings. The molecule has 1 aromatic carbocycles. The molecule has 0 unspecified atom stereocenters. The van der Waals surface area contributed by atoms with Crippen LogP contribution in [0.4, 0.5) is 0 Å². The van der Waals surface area contributed by atoms with Gasteiger partial charge in [0.05, 0.1) is 6.07 Å². The van der Waals surface area contributed by atoms with Crippen LogP contribution in [0, 0.1) is 22.7 Å². The van der Waals surface area contributed by atoms with E-state index >= 15 is 0 Å². The smallest absolute Gasteiger partial charge is 0.251 e. The Kier molecular flexibility index (Phi) is 6.56. The fourth-order valence-corrected chi connectivity index (χ4v) is 3.68. The summed E-state index contributed by atoms with van der Waals surface area (Å²) in [5, 5.41) is 24.3. The summed E-state index contributed by atoms with van der Waals surface area (Å²) in [5.74, 6) is -0.254. The molecule has 1 amide bonds. The first-order valence-corrected chi connectivity index (χ1v) is 9.63. The average Bonchev–Trinajstić information content (AvgIpc) is 3.01. The second-order valence-electron chi connectivity index (χ2n) is 6.28. The molecule has 1 saturated heterocycles. The molecule has 0 saturated carbocycles. The van der Waals surface area contributed by atoms with Crippen LogP contribution in [0.2, 0.25) is 0 Å². The Morgan fingerprint density at radius 1 is 1.30 bits per heavy atom. The monoisotopic (exact) mass is 380 g/mol. The highest BCUT2D eigenvalue weighted by atomic mass is 32.1. The molecule has 2 heterocycles. The number of nitrogens with one attached hydrogen (secondary N) is 2. The molecule has 3 rings (SSSR count). The van der Waals surface area contributed by atoms with Crippen molar-refractivity contribution in [3.63, 3.8) is 0 Å². The molecule has 1 aliphatic rings. The van der Waals surface area contributed by atoms with Crippen LogP contribution in [0.5, 0.6) is 0 Å². The van der Waals surface area contributed by atoms with Crippen LogP contribution in [0.15, 0.2) is 36.4 Å². The number of carbonyl (C=O) groups is 1. The van der Waals surface area contributed by atoms with Crippen molar-refractivity contribution in [1.82, 2.24) is 10.6 Å². The zero-order chi connectivity index (χ0) is 19.1. The van der Waals surface area contributed by atoms with E-state index in [4.69, 9.17) is 10.00 Å². The SMILES string of the molecule is N#Cc1ccc(-c2ccc(C[C@@H](C#N)NC(=O)[C@@H]3CNCCCO3)cc2)s1. The minimum Gasteiger partial charge on any atom is -0.367 e. The Balaban J connectivity index is 1.60. The van der Waals surface area contributed by atoms with E-state index in [1.54, 1.807) is 6.07 Å². The highest BCUT2D eigenvalue weighted by molar-refractivity contribution is 7.16. The predicted octanol–water partition coefficient (Wildman–Crippen LogP) is 2.22. The molecule has 1 aromatic heterocycles. The summed E-state index contributed by atoms with van der Waals surface area (Å²) in [4.78, 5) is 14.0. The van der Waals surface area contributed by atoms with Gasteiger partial charge in [-0.3, -0.25) is 4.79 Å². The lowest BCUT2D eigenvalue weighted by Gasteiger charge is -2.18. The first-order chi connectivity index (χ1) is 13.2. The maximum absolute atomic E-state index is 12.3. The summed E-state index contributed by atoms with van der Waals surface area (Å²) in [6.07, 6.45) is 0.743. The van der Waals surface area contributed by atoms with Crippen molar-refractivity contribution < 1.29 is 9.53 Å². The van der Waals surface area contributed by atoms with Gasteiger partial charge in [0.2, 0.25) is 0 Å². The van der Waals surface area contributed by atoms with Crippen LogP contribution in [0.3, 0.4) is 0 Å². The fourth-order valence-electron chi connectivity index (χ4n) is 2.87. The van der Waals surface area contributed by atoms with E-state index in [-0.39, 0.29) is 5.91 Å². The van der Waals surface area contributed by atoms with Crippen molar-refractivity contribution in [2.45, 2.75) is 25.0 Å². The van der Waals surface area contributed by atoms with Crippen molar-refractivity contribution >= 4 is 17.2 Å². The van der Waals surface area contributed by atoms with Gasteiger partial charge in [0, 0.05) is 24.4 Å². The number of hydrogen-bond acceptors (Lipinski definition) is 6. The van der Waals surface area contributed by atoms with Crippen LogP contribution in [-0.2, 0) is 16.0 Å². The largest absolute Gasteiger partial charge is 0.367 e. The van der Waals surface area contributed by atoms with Gasteiger partial charge in [-0.25, -0.2) is 0 Å². The normalized spacial score (nSPS) is 17.9. The summed E-state index contributed by atoms with van der Waals surface area (Å²) < 4.78 is 5.53. The third kappa shape index (κ3) is 5.15. The number of ether oxygens (including phenoxy) is 1. The molecule has 1 aliphatic heterocycles. The van der Waals surface area contributed by atoms with E-state index in [1.165, 1.54) is 11.3 Å². The van der Waals surface area contributed by atoms with Crippen LogP contribution < -0.4 is 10.6 Å². The lowest BCUT2D eigenvalue weighted by molar-refractivity contribution is -0.132. The molecule has 6 nitrogen and oxygen atoms in total. The Labute approximate surface area is 162 Å². The second kappa shape index (κ2) is 9.29. The van der Waals surface area contributed by atoms with E-state index < -0.39 is 12.1 Å². The summed E-state index contributed by atoms with van der Waals surface area (Å²) in [7, 11) is 0. The number of carbonyl (C=O) groups excluding carboxylic acids is 1. The maximum Gasteiger partial charge on any atom is 0.251 e. The molecule has 138 valence electrons. The number of amides is 1. The predicted molar refractivity (Wildman–Crippen MR) is 103 cm³/mol. The van der Waals surface area contributed by atoms with Crippen LogP contribution in [0.1, 0.15) is 16.9 Å². The molecule has 7 heteroatoms. The van der Waals surface area contributed by atoms with Crippen LogP contribution in [-0.4, -0.2) is 37.7 Å². The molecule has 2 atom stereocenters. The third-order valence-electron chi connectivity index (χ3n) is 4.31. The number of nitriles is 2. The van der Waals surface area contributed by atoms with E-state index in [0.29, 0.717) is 24.4 Å². The third-order valence-corrected chi connectivity index (χ3v) is 5.34. The van der Waals surface area contributed by atoms with Crippen molar-refractivity contribution in [2.75, 3.05) is 19.7 Å². The lowest BCUT2D eigenvalue weighted by Crippen LogP contribution is -2.46.